The molecule has 1 aliphatic carbocycles. The predicted octanol–water partition coefficient (Wildman–Crippen LogP) is 2.78. The molecule has 1 rings (SSSR count). The molecule has 1 aliphatic rings. The number of carbonyl (C=O) groups excluding carboxylic acids is 2. The number of hydrogen-bond acceptors (Lipinski definition) is 5. The first-order valence-electron chi connectivity index (χ1n) is 6.78. The second-order valence-electron chi connectivity index (χ2n) is 7.13. The van der Waals surface area contributed by atoms with E-state index in [-0.39, 0.29) is 12.8 Å². The van der Waals surface area contributed by atoms with E-state index in [2.05, 4.69) is 0 Å². The van der Waals surface area contributed by atoms with E-state index >= 15 is 0 Å². The number of amides is 2. The van der Waals surface area contributed by atoms with Crippen LogP contribution in [0, 0.1) is 0 Å². The van der Waals surface area contributed by atoms with Gasteiger partial charge in [-0.1, -0.05) is 0 Å². The number of nitrogens with zero attached hydrogens (tertiary/aromatic N) is 1. The standard InChI is InChI=1S/C14H23NO6/c1-12(2,3)20-10(18)15(11(19)21-13(4,5)6)14(7-8-14)9(16)17/h7-8H2,1-6H3,(H,16,17). The van der Waals surface area contributed by atoms with E-state index in [1.165, 1.54) is 0 Å². The van der Waals surface area contributed by atoms with Crippen molar-refractivity contribution in [3.05, 3.63) is 0 Å². The lowest BCUT2D eigenvalue weighted by Gasteiger charge is -2.31. The van der Waals surface area contributed by atoms with Crippen molar-refractivity contribution in [3.8, 4) is 0 Å². The minimum absolute atomic E-state index is 0.195. The fraction of sp³-hybridized carbons (Fsp3) is 0.786. The SMILES string of the molecule is CC(C)(C)OC(=O)N(C(=O)OC(C)(C)C)C1(C(=O)O)CC1. The number of rotatable bonds is 2. The lowest BCUT2D eigenvalue weighted by molar-refractivity contribution is -0.144. The number of ether oxygens (including phenoxy) is 2. The molecule has 0 aromatic carbocycles. The van der Waals surface area contributed by atoms with Crippen LogP contribution in [-0.2, 0) is 14.3 Å². The van der Waals surface area contributed by atoms with Gasteiger partial charge in [0.15, 0.2) is 5.54 Å². The van der Waals surface area contributed by atoms with Gasteiger partial charge >= 0.3 is 18.2 Å². The van der Waals surface area contributed by atoms with E-state index in [9.17, 15) is 19.5 Å². The minimum atomic E-state index is -1.55. The van der Waals surface area contributed by atoms with Crippen molar-refractivity contribution in [3.63, 3.8) is 0 Å². The molecule has 0 aromatic heterocycles. The van der Waals surface area contributed by atoms with Crippen molar-refractivity contribution >= 4 is 18.2 Å². The Morgan fingerprint density at radius 2 is 1.24 bits per heavy atom. The molecule has 0 aromatic rings. The van der Waals surface area contributed by atoms with Gasteiger partial charge in [0.25, 0.3) is 0 Å². The molecule has 1 N–H and O–H groups in total. The van der Waals surface area contributed by atoms with E-state index in [4.69, 9.17) is 9.47 Å². The largest absolute Gasteiger partial charge is 0.479 e. The van der Waals surface area contributed by atoms with Gasteiger partial charge in [-0.25, -0.2) is 14.4 Å². The second kappa shape index (κ2) is 5.20. The van der Waals surface area contributed by atoms with Gasteiger partial charge in [-0.3, -0.25) is 0 Å². The average molecular weight is 301 g/mol. The summed E-state index contributed by atoms with van der Waals surface area (Å²) in [6, 6.07) is 0. The average Bonchev–Trinajstić information content (AvgIpc) is 2.92. The Hall–Kier alpha value is -1.79. The van der Waals surface area contributed by atoms with Gasteiger partial charge in [-0.15, -0.1) is 0 Å². The van der Waals surface area contributed by atoms with E-state index in [1.54, 1.807) is 41.5 Å². The quantitative estimate of drug-likeness (QED) is 0.843. The summed E-state index contributed by atoms with van der Waals surface area (Å²) in [4.78, 5) is 36.4. The van der Waals surface area contributed by atoms with Crippen molar-refractivity contribution in [1.82, 2.24) is 4.90 Å². The first-order chi connectivity index (χ1) is 9.28. The molecule has 2 amide bonds. The summed E-state index contributed by atoms with van der Waals surface area (Å²) < 4.78 is 10.3. The van der Waals surface area contributed by atoms with Crippen LogP contribution in [0.4, 0.5) is 9.59 Å². The second-order valence-corrected chi connectivity index (χ2v) is 7.13. The minimum Gasteiger partial charge on any atom is -0.479 e. The van der Waals surface area contributed by atoms with Crippen LogP contribution in [0.3, 0.4) is 0 Å². The molecule has 0 atom stereocenters. The summed E-state index contributed by atoms with van der Waals surface area (Å²) in [6.45, 7) is 9.82. The molecule has 21 heavy (non-hydrogen) atoms. The Bertz CT molecular complexity index is 425. The molecular weight excluding hydrogens is 278 g/mol. The van der Waals surface area contributed by atoms with Gasteiger partial charge in [-0.2, -0.15) is 4.90 Å². The van der Waals surface area contributed by atoms with Crippen molar-refractivity contribution < 1.29 is 29.0 Å². The zero-order valence-electron chi connectivity index (χ0n) is 13.3. The fourth-order valence-electron chi connectivity index (χ4n) is 1.69. The summed E-state index contributed by atoms with van der Waals surface area (Å²) >= 11 is 0. The molecule has 0 unspecified atom stereocenters. The van der Waals surface area contributed by atoms with Crippen LogP contribution >= 0.6 is 0 Å². The molecule has 1 saturated carbocycles. The lowest BCUT2D eigenvalue weighted by atomic mass is 10.2. The zero-order valence-corrected chi connectivity index (χ0v) is 13.3. The van der Waals surface area contributed by atoms with E-state index in [0.29, 0.717) is 4.90 Å². The topological polar surface area (TPSA) is 93.1 Å². The summed E-state index contributed by atoms with van der Waals surface area (Å²) in [5.74, 6) is -1.24. The van der Waals surface area contributed by atoms with Gasteiger partial charge in [0.2, 0.25) is 0 Å². The third-order valence-corrected chi connectivity index (χ3v) is 2.70. The summed E-state index contributed by atoms with van der Waals surface area (Å²) in [5, 5.41) is 9.31. The molecule has 0 bridgehead atoms. The maximum absolute atomic E-state index is 12.2. The molecule has 120 valence electrons. The predicted molar refractivity (Wildman–Crippen MR) is 73.9 cm³/mol. The molecule has 0 saturated heterocycles. The third-order valence-electron chi connectivity index (χ3n) is 2.70. The number of carbonyl (C=O) groups is 3. The van der Waals surface area contributed by atoms with Crippen LogP contribution < -0.4 is 0 Å². The molecule has 7 nitrogen and oxygen atoms in total. The summed E-state index contributed by atoms with van der Waals surface area (Å²) in [5.41, 5.74) is -3.23. The Balaban J connectivity index is 3.05. The Morgan fingerprint density at radius 3 is 1.43 bits per heavy atom. The van der Waals surface area contributed by atoms with E-state index in [0.717, 1.165) is 0 Å². The lowest BCUT2D eigenvalue weighted by Crippen LogP contribution is -2.53. The highest BCUT2D eigenvalue weighted by atomic mass is 16.6. The molecule has 0 heterocycles. The number of hydrogen-bond donors (Lipinski definition) is 1. The molecule has 1 fully saturated rings. The molecular formula is C14H23NO6. The van der Waals surface area contributed by atoms with Gasteiger partial charge < -0.3 is 14.6 Å². The number of imide groups is 1. The van der Waals surface area contributed by atoms with Crippen molar-refractivity contribution in [2.24, 2.45) is 0 Å². The first kappa shape index (κ1) is 17.3. The summed E-state index contributed by atoms with van der Waals surface area (Å²) in [7, 11) is 0. The van der Waals surface area contributed by atoms with Gasteiger partial charge in [-0.05, 0) is 54.4 Å². The molecule has 0 aliphatic heterocycles. The molecule has 7 heteroatoms. The van der Waals surface area contributed by atoms with E-state index in [1.807, 2.05) is 0 Å². The number of aliphatic carboxylic acids is 1. The van der Waals surface area contributed by atoms with E-state index < -0.39 is 34.9 Å². The third kappa shape index (κ3) is 4.34. The van der Waals surface area contributed by atoms with Crippen LogP contribution in [-0.4, -0.2) is 44.9 Å². The smallest absolute Gasteiger partial charge is 0.420 e. The Morgan fingerprint density at radius 1 is 0.905 bits per heavy atom. The van der Waals surface area contributed by atoms with Crippen molar-refractivity contribution in [1.29, 1.82) is 0 Å². The van der Waals surface area contributed by atoms with Gasteiger partial charge in [0.05, 0.1) is 0 Å². The Labute approximate surface area is 124 Å². The Kier molecular flexibility index (Phi) is 4.27. The van der Waals surface area contributed by atoms with Crippen LogP contribution in [0.15, 0.2) is 0 Å². The zero-order chi connectivity index (χ0) is 16.6. The highest BCUT2D eigenvalue weighted by Crippen LogP contribution is 2.43. The highest BCUT2D eigenvalue weighted by Gasteiger charge is 2.61. The maximum Gasteiger partial charge on any atom is 0.420 e. The van der Waals surface area contributed by atoms with Crippen LogP contribution in [0.1, 0.15) is 54.4 Å². The number of carboxylic acids is 1. The van der Waals surface area contributed by atoms with Crippen molar-refractivity contribution in [2.75, 3.05) is 0 Å². The monoisotopic (exact) mass is 301 g/mol. The normalized spacial score (nSPS) is 16.9. The van der Waals surface area contributed by atoms with Crippen LogP contribution in [0.2, 0.25) is 0 Å². The number of carboxylic acid groups (broad SMARTS) is 1. The molecule has 0 radical (unpaired) electrons. The van der Waals surface area contributed by atoms with Crippen molar-refractivity contribution in [2.45, 2.75) is 71.1 Å². The van der Waals surface area contributed by atoms with Gasteiger partial charge in [0.1, 0.15) is 11.2 Å². The maximum atomic E-state index is 12.2. The fourth-order valence-corrected chi connectivity index (χ4v) is 1.69. The van der Waals surface area contributed by atoms with Crippen LogP contribution in [0.25, 0.3) is 0 Å². The summed E-state index contributed by atoms with van der Waals surface area (Å²) in [6.07, 6.45) is -1.62. The van der Waals surface area contributed by atoms with Gasteiger partial charge in [0, 0.05) is 0 Å². The molecule has 0 spiro atoms. The highest BCUT2D eigenvalue weighted by molar-refractivity contribution is 5.97. The first-order valence-corrected chi connectivity index (χ1v) is 6.78. The van der Waals surface area contributed by atoms with Crippen LogP contribution in [0.5, 0.6) is 0 Å².